The van der Waals surface area contributed by atoms with E-state index in [2.05, 4.69) is 5.32 Å². The summed E-state index contributed by atoms with van der Waals surface area (Å²) >= 11 is 6.35. The van der Waals surface area contributed by atoms with E-state index in [1.807, 2.05) is 19.1 Å². The number of aliphatic carboxylic acids is 1. The number of aromatic nitrogens is 1. The quantitative estimate of drug-likeness (QED) is 0.557. The fourth-order valence-corrected chi connectivity index (χ4v) is 3.98. The van der Waals surface area contributed by atoms with Crippen LogP contribution in [0.25, 0.3) is 10.9 Å². The van der Waals surface area contributed by atoms with Crippen LogP contribution in [-0.2, 0) is 16.0 Å². The number of ether oxygens (including phenoxy) is 1. The third kappa shape index (κ3) is 4.78. The van der Waals surface area contributed by atoms with Crippen LogP contribution in [-0.4, -0.2) is 40.6 Å². The molecule has 2 aromatic carbocycles. The highest BCUT2D eigenvalue weighted by Gasteiger charge is 2.23. The van der Waals surface area contributed by atoms with Crippen molar-refractivity contribution in [1.29, 1.82) is 0 Å². The van der Waals surface area contributed by atoms with Crippen LogP contribution in [0.5, 0.6) is 5.75 Å². The van der Waals surface area contributed by atoms with Crippen molar-refractivity contribution < 1.29 is 24.2 Å². The highest BCUT2D eigenvalue weighted by atomic mass is 35.5. The molecule has 0 aliphatic carbocycles. The van der Waals surface area contributed by atoms with Crippen LogP contribution >= 0.6 is 11.6 Å². The summed E-state index contributed by atoms with van der Waals surface area (Å²) in [5.41, 5.74) is 3.37. The number of nitrogens with zero attached hydrogens (tertiary/aromatic N) is 1. The summed E-state index contributed by atoms with van der Waals surface area (Å²) in [4.78, 5) is 36.9. The molecule has 32 heavy (non-hydrogen) atoms. The van der Waals surface area contributed by atoms with Crippen LogP contribution in [0.1, 0.15) is 40.5 Å². The molecule has 0 fully saturated rings. The second kappa shape index (κ2) is 9.44. The molecule has 1 atom stereocenters. The second-order valence-electron chi connectivity index (χ2n) is 7.82. The molecule has 1 amide bonds. The van der Waals surface area contributed by atoms with E-state index in [-0.39, 0.29) is 24.7 Å². The number of hydrogen-bond acceptors (Lipinski definition) is 4. The SMILES string of the molecule is COc1cc2c(CC(=O)NC(C)CC(=O)O)c(C)n(C(=O)c3ccc(C)cc3)c2cc1Cl. The first-order chi connectivity index (χ1) is 15.1. The van der Waals surface area contributed by atoms with Gasteiger partial charge >= 0.3 is 5.97 Å². The Morgan fingerprint density at radius 3 is 2.41 bits per heavy atom. The number of hydrogen-bond donors (Lipinski definition) is 2. The molecule has 3 rings (SSSR count). The Kier molecular flexibility index (Phi) is 6.89. The molecule has 2 N–H and O–H groups in total. The number of fused-ring (bicyclic) bond motifs is 1. The van der Waals surface area contributed by atoms with Crippen molar-refractivity contribution in [2.45, 2.75) is 39.7 Å². The largest absolute Gasteiger partial charge is 0.495 e. The zero-order valence-electron chi connectivity index (χ0n) is 18.4. The maximum Gasteiger partial charge on any atom is 0.305 e. The number of carbonyl (C=O) groups is 3. The van der Waals surface area contributed by atoms with E-state index in [1.54, 1.807) is 42.7 Å². The lowest BCUT2D eigenvalue weighted by molar-refractivity contribution is -0.137. The molecule has 3 aromatic rings. The predicted molar refractivity (Wildman–Crippen MR) is 123 cm³/mol. The molecule has 1 heterocycles. The highest BCUT2D eigenvalue weighted by molar-refractivity contribution is 6.33. The van der Waals surface area contributed by atoms with Crippen LogP contribution in [0, 0.1) is 13.8 Å². The van der Waals surface area contributed by atoms with Crippen LogP contribution in [0.15, 0.2) is 36.4 Å². The second-order valence-corrected chi connectivity index (χ2v) is 8.22. The Bertz CT molecular complexity index is 1200. The molecule has 0 aliphatic rings. The summed E-state index contributed by atoms with van der Waals surface area (Å²) in [6.45, 7) is 5.35. The minimum Gasteiger partial charge on any atom is -0.495 e. The maximum atomic E-state index is 13.4. The number of amides is 1. The maximum absolute atomic E-state index is 13.4. The van der Waals surface area contributed by atoms with Gasteiger partial charge in [0.15, 0.2) is 0 Å². The number of nitrogens with one attached hydrogen (secondary N) is 1. The van der Waals surface area contributed by atoms with Gasteiger partial charge in [-0.15, -0.1) is 0 Å². The lowest BCUT2D eigenvalue weighted by atomic mass is 10.1. The lowest BCUT2D eigenvalue weighted by Gasteiger charge is -2.12. The molecule has 1 unspecified atom stereocenters. The molecule has 1 aromatic heterocycles. The van der Waals surface area contributed by atoms with Crippen molar-refractivity contribution in [2.75, 3.05) is 7.11 Å². The Hall–Kier alpha value is -3.32. The van der Waals surface area contributed by atoms with Gasteiger partial charge in [-0.1, -0.05) is 29.3 Å². The fourth-order valence-electron chi connectivity index (χ4n) is 3.75. The van der Waals surface area contributed by atoms with Gasteiger partial charge in [-0.3, -0.25) is 19.0 Å². The summed E-state index contributed by atoms with van der Waals surface area (Å²) < 4.78 is 6.89. The van der Waals surface area contributed by atoms with Gasteiger partial charge in [0.25, 0.3) is 5.91 Å². The van der Waals surface area contributed by atoms with Gasteiger partial charge in [-0.2, -0.15) is 0 Å². The summed E-state index contributed by atoms with van der Waals surface area (Å²) in [6.07, 6.45) is -0.201. The van der Waals surface area contributed by atoms with E-state index in [1.165, 1.54) is 7.11 Å². The predicted octanol–water partition coefficient (Wildman–Crippen LogP) is 4.13. The molecule has 0 aliphatic heterocycles. The van der Waals surface area contributed by atoms with Gasteiger partial charge < -0.3 is 15.2 Å². The first-order valence-electron chi connectivity index (χ1n) is 10.1. The minimum atomic E-state index is -0.992. The highest BCUT2D eigenvalue weighted by Crippen LogP contribution is 2.35. The Balaban J connectivity index is 2.08. The number of carbonyl (C=O) groups excluding carboxylic acids is 2. The monoisotopic (exact) mass is 456 g/mol. The topological polar surface area (TPSA) is 97.6 Å². The Labute approximate surface area is 190 Å². The average molecular weight is 457 g/mol. The lowest BCUT2D eigenvalue weighted by Crippen LogP contribution is -2.35. The molecule has 0 bridgehead atoms. The third-order valence-electron chi connectivity index (χ3n) is 5.34. The number of carboxylic acid groups (broad SMARTS) is 1. The molecule has 7 nitrogen and oxygen atoms in total. The van der Waals surface area contributed by atoms with Gasteiger partial charge in [0.1, 0.15) is 5.75 Å². The summed E-state index contributed by atoms with van der Waals surface area (Å²) in [7, 11) is 1.49. The molecule has 8 heteroatoms. The average Bonchev–Trinajstić information content (AvgIpc) is 2.97. The van der Waals surface area contributed by atoms with Gasteiger partial charge in [0.05, 0.1) is 30.5 Å². The van der Waals surface area contributed by atoms with Gasteiger partial charge in [0.2, 0.25) is 5.91 Å². The summed E-state index contributed by atoms with van der Waals surface area (Å²) in [5.74, 6) is -1.13. The Morgan fingerprint density at radius 1 is 1.16 bits per heavy atom. The molecule has 0 saturated heterocycles. The van der Waals surface area contributed by atoms with Crippen molar-refractivity contribution in [3.05, 3.63) is 63.8 Å². The van der Waals surface area contributed by atoms with E-state index in [9.17, 15) is 14.4 Å². The van der Waals surface area contributed by atoms with E-state index in [4.69, 9.17) is 21.4 Å². The van der Waals surface area contributed by atoms with Crippen molar-refractivity contribution in [1.82, 2.24) is 9.88 Å². The van der Waals surface area contributed by atoms with Crippen molar-refractivity contribution in [3.8, 4) is 5.75 Å². The summed E-state index contributed by atoms with van der Waals surface area (Å²) in [5, 5.41) is 12.6. The van der Waals surface area contributed by atoms with Gasteiger partial charge in [-0.05, 0) is 50.6 Å². The molecular weight excluding hydrogens is 432 g/mol. The Morgan fingerprint density at radius 2 is 1.81 bits per heavy atom. The first kappa shape index (κ1) is 23.3. The van der Waals surface area contributed by atoms with Crippen molar-refractivity contribution in [2.24, 2.45) is 0 Å². The van der Waals surface area contributed by atoms with Crippen LogP contribution in [0.4, 0.5) is 0 Å². The van der Waals surface area contributed by atoms with E-state index in [0.29, 0.717) is 38.5 Å². The van der Waals surface area contributed by atoms with E-state index < -0.39 is 12.0 Å². The van der Waals surface area contributed by atoms with Gasteiger partial charge in [-0.25, -0.2) is 0 Å². The van der Waals surface area contributed by atoms with Gasteiger partial charge in [0, 0.05) is 22.7 Å². The molecule has 0 saturated carbocycles. The molecule has 168 valence electrons. The van der Waals surface area contributed by atoms with E-state index in [0.717, 1.165) is 5.56 Å². The smallest absolute Gasteiger partial charge is 0.305 e. The van der Waals surface area contributed by atoms with Crippen LogP contribution < -0.4 is 10.1 Å². The first-order valence-corrected chi connectivity index (χ1v) is 10.5. The van der Waals surface area contributed by atoms with Crippen molar-refractivity contribution in [3.63, 3.8) is 0 Å². The zero-order valence-corrected chi connectivity index (χ0v) is 19.1. The molecule has 0 radical (unpaired) electrons. The number of halogens is 1. The number of carboxylic acids is 1. The molecule has 0 spiro atoms. The normalized spacial score (nSPS) is 11.9. The number of rotatable bonds is 7. The number of benzene rings is 2. The third-order valence-corrected chi connectivity index (χ3v) is 5.63. The summed E-state index contributed by atoms with van der Waals surface area (Å²) in [6, 6.07) is 10.1. The standard InChI is InChI=1S/C24H25ClN2O5/c1-13-5-7-16(8-6-13)24(31)27-15(3)17(11-22(28)26-14(2)9-23(29)30)18-10-21(32-4)19(25)12-20(18)27/h5-8,10,12,14H,9,11H2,1-4H3,(H,26,28)(H,29,30). The minimum absolute atomic E-state index is 0.0226. The number of aryl methyl sites for hydroxylation is 1. The molecular formula is C24H25ClN2O5. The zero-order chi connectivity index (χ0) is 23.6. The fraction of sp³-hybridized carbons (Fsp3) is 0.292. The van der Waals surface area contributed by atoms with Crippen LogP contribution in [0.2, 0.25) is 5.02 Å². The number of methoxy groups -OCH3 is 1. The van der Waals surface area contributed by atoms with Crippen LogP contribution in [0.3, 0.4) is 0 Å². The van der Waals surface area contributed by atoms with Crippen molar-refractivity contribution >= 4 is 40.3 Å². The van der Waals surface area contributed by atoms with E-state index >= 15 is 0 Å².